The van der Waals surface area contributed by atoms with E-state index in [1.54, 1.807) is 0 Å². The minimum Gasteiger partial charge on any atom is -0.369 e. The maximum atomic E-state index is 13.0. The number of ether oxygens (including phenoxy) is 1. The van der Waals surface area contributed by atoms with E-state index in [1.165, 1.54) is 19.3 Å². The van der Waals surface area contributed by atoms with Crippen LogP contribution in [0.3, 0.4) is 0 Å². The zero-order chi connectivity index (χ0) is 15.9. The molecular formula is C17H27N3O2. The summed E-state index contributed by atoms with van der Waals surface area (Å²) < 4.78 is 5.81. The highest BCUT2D eigenvalue weighted by Crippen LogP contribution is 2.32. The van der Waals surface area contributed by atoms with Gasteiger partial charge in [-0.25, -0.2) is 0 Å². The molecule has 0 aromatic carbocycles. The number of carbonyl (C=O) groups excluding carboxylic acids is 1. The van der Waals surface area contributed by atoms with Crippen molar-refractivity contribution in [3.05, 3.63) is 17.0 Å². The Kier molecular flexibility index (Phi) is 4.26. The number of hydrogen-bond donors (Lipinski definition) is 1. The molecule has 1 aromatic heterocycles. The van der Waals surface area contributed by atoms with E-state index in [0.717, 1.165) is 24.2 Å². The van der Waals surface area contributed by atoms with Crippen molar-refractivity contribution in [3.8, 4) is 0 Å². The van der Waals surface area contributed by atoms with E-state index in [1.807, 2.05) is 11.8 Å². The van der Waals surface area contributed by atoms with Crippen molar-refractivity contribution in [3.63, 3.8) is 0 Å². The van der Waals surface area contributed by atoms with Crippen molar-refractivity contribution >= 4 is 5.91 Å². The Hall–Kier alpha value is -1.36. The van der Waals surface area contributed by atoms with Crippen LogP contribution in [0.25, 0.3) is 0 Å². The third-order valence-electron chi connectivity index (χ3n) is 5.00. The van der Waals surface area contributed by atoms with Gasteiger partial charge in [-0.05, 0) is 46.5 Å². The number of amides is 1. The van der Waals surface area contributed by atoms with Crippen molar-refractivity contribution < 1.29 is 9.53 Å². The molecule has 5 nitrogen and oxygen atoms in total. The second-order valence-corrected chi connectivity index (χ2v) is 7.11. The third kappa shape index (κ3) is 2.78. The molecule has 0 spiro atoms. The lowest BCUT2D eigenvalue weighted by atomic mass is 9.84. The van der Waals surface area contributed by atoms with Gasteiger partial charge in [-0.2, -0.15) is 5.10 Å². The van der Waals surface area contributed by atoms with Crippen molar-refractivity contribution in [2.45, 2.75) is 71.6 Å². The minimum atomic E-state index is -0.0214. The smallest absolute Gasteiger partial charge is 0.274 e. The zero-order valence-corrected chi connectivity index (χ0v) is 14.1. The predicted molar refractivity (Wildman–Crippen MR) is 84.8 cm³/mol. The Balaban J connectivity index is 1.84. The third-order valence-corrected chi connectivity index (χ3v) is 5.00. The molecule has 1 aliphatic heterocycles. The highest BCUT2D eigenvalue weighted by atomic mass is 16.5. The molecule has 1 fully saturated rings. The Morgan fingerprint density at radius 1 is 1.41 bits per heavy atom. The molecule has 1 aliphatic carbocycles. The predicted octanol–water partition coefficient (Wildman–Crippen LogP) is 3.08. The second kappa shape index (κ2) is 6.03. The molecule has 5 heteroatoms. The first kappa shape index (κ1) is 15.5. The van der Waals surface area contributed by atoms with Gasteiger partial charge < -0.3 is 9.64 Å². The van der Waals surface area contributed by atoms with E-state index in [-0.39, 0.29) is 24.2 Å². The molecule has 0 unspecified atom stereocenters. The van der Waals surface area contributed by atoms with Crippen molar-refractivity contribution in [1.29, 1.82) is 0 Å². The van der Waals surface area contributed by atoms with Crippen LogP contribution in [0.15, 0.2) is 0 Å². The van der Waals surface area contributed by atoms with Crippen LogP contribution in [0.1, 0.15) is 74.8 Å². The molecule has 0 saturated heterocycles. The van der Waals surface area contributed by atoms with Gasteiger partial charge in [-0.3, -0.25) is 9.89 Å². The summed E-state index contributed by atoms with van der Waals surface area (Å²) in [5.74, 6) is 0.739. The molecule has 0 radical (unpaired) electrons. The average molecular weight is 305 g/mol. The fourth-order valence-corrected chi connectivity index (χ4v) is 3.47. The van der Waals surface area contributed by atoms with Gasteiger partial charge in [0, 0.05) is 24.6 Å². The number of nitrogens with zero attached hydrogens (tertiary/aromatic N) is 2. The maximum absolute atomic E-state index is 13.0. The SMILES string of the molecule is CC(C)N(CC1CCC1)C(=O)c1n[nH]c2c1C[C@H](C)O[C@@H]2C. The number of carbonyl (C=O) groups is 1. The molecule has 3 rings (SSSR count). The van der Waals surface area contributed by atoms with Crippen LogP contribution in [-0.4, -0.2) is 39.7 Å². The molecule has 1 amide bonds. The fourth-order valence-electron chi connectivity index (χ4n) is 3.47. The summed E-state index contributed by atoms with van der Waals surface area (Å²) in [4.78, 5) is 15.0. The normalized spacial score (nSPS) is 25.0. The standard InChI is InChI=1S/C17H27N3O2/c1-10(2)20(9-13-6-5-7-13)17(21)16-14-8-11(3)22-12(4)15(14)18-19-16/h10-13H,5-9H2,1-4H3,(H,18,19)/t11-,12+/m0/s1. The number of aromatic amines is 1. The molecule has 1 saturated carbocycles. The lowest BCUT2D eigenvalue weighted by Gasteiger charge is -2.35. The number of fused-ring (bicyclic) bond motifs is 1. The van der Waals surface area contributed by atoms with Gasteiger partial charge >= 0.3 is 0 Å². The van der Waals surface area contributed by atoms with Gasteiger partial charge in [0.2, 0.25) is 0 Å². The van der Waals surface area contributed by atoms with E-state index < -0.39 is 0 Å². The largest absolute Gasteiger partial charge is 0.369 e. The van der Waals surface area contributed by atoms with Crippen molar-refractivity contribution in [2.24, 2.45) is 5.92 Å². The van der Waals surface area contributed by atoms with E-state index in [9.17, 15) is 4.79 Å². The first-order chi connectivity index (χ1) is 10.5. The molecule has 1 N–H and O–H groups in total. The topological polar surface area (TPSA) is 58.2 Å². The summed E-state index contributed by atoms with van der Waals surface area (Å²) in [5.41, 5.74) is 2.62. The van der Waals surface area contributed by atoms with Crippen LogP contribution in [0.2, 0.25) is 0 Å². The molecule has 122 valence electrons. The Labute approximate surface area is 132 Å². The van der Waals surface area contributed by atoms with Crippen LogP contribution in [-0.2, 0) is 11.2 Å². The van der Waals surface area contributed by atoms with Crippen LogP contribution in [0, 0.1) is 5.92 Å². The average Bonchev–Trinajstić information content (AvgIpc) is 2.80. The van der Waals surface area contributed by atoms with E-state index in [4.69, 9.17) is 4.74 Å². The highest BCUT2D eigenvalue weighted by Gasteiger charge is 2.33. The summed E-state index contributed by atoms with van der Waals surface area (Å²) in [6.45, 7) is 9.10. The van der Waals surface area contributed by atoms with E-state index in [0.29, 0.717) is 11.6 Å². The van der Waals surface area contributed by atoms with Crippen LogP contribution in [0.5, 0.6) is 0 Å². The number of aromatic nitrogens is 2. The van der Waals surface area contributed by atoms with Crippen LogP contribution >= 0.6 is 0 Å². The molecule has 22 heavy (non-hydrogen) atoms. The summed E-state index contributed by atoms with van der Waals surface area (Å²) >= 11 is 0. The summed E-state index contributed by atoms with van der Waals surface area (Å²) in [5, 5.41) is 7.37. The summed E-state index contributed by atoms with van der Waals surface area (Å²) in [6.07, 6.45) is 4.66. The first-order valence-electron chi connectivity index (χ1n) is 8.51. The number of nitrogens with one attached hydrogen (secondary N) is 1. The van der Waals surface area contributed by atoms with Crippen LogP contribution in [0.4, 0.5) is 0 Å². The molecule has 1 aromatic rings. The number of rotatable bonds is 4. The fraction of sp³-hybridized carbons (Fsp3) is 0.765. The van der Waals surface area contributed by atoms with Crippen LogP contribution < -0.4 is 0 Å². The van der Waals surface area contributed by atoms with Gasteiger partial charge in [-0.15, -0.1) is 0 Å². The van der Waals surface area contributed by atoms with Gasteiger partial charge in [0.25, 0.3) is 5.91 Å². The Morgan fingerprint density at radius 2 is 2.14 bits per heavy atom. The van der Waals surface area contributed by atoms with Gasteiger partial charge in [0.1, 0.15) is 0 Å². The number of H-pyrrole nitrogens is 1. The summed E-state index contributed by atoms with van der Waals surface area (Å²) in [7, 11) is 0. The minimum absolute atomic E-state index is 0.0214. The van der Waals surface area contributed by atoms with Gasteiger partial charge in [0.15, 0.2) is 5.69 Å². The molecule has 2 atom stereocenters. The highest BCUT2D eigenvalue weighted by molar-refractivity contribution is 5.94. The zero-order valence-electron chi connectivity index (χ0n) is 14.1. The van der Waals surface area contributed by atoms with Crippen molar-refractivity contribution in [2.75, 3.05) is 6.54 Å². The number of hydrogen-bond acceptors (Lipinski definition) is 3. The lowest BCUT2D eigenvalue weighted by Crippen LogP contribution is -2.42. The quantitative estimate of drug-likeness (QED) is 0.930. The monoisotopic (exact) mass is 305 g/mol. The first-order valence-corrected chi connectivity index (χ1v) is 8.51. The molecular weight excluding hydrogens is 278 g/mol. The lowest BCUT2D eigenvalue weighted by molar-refractivity contribution is -0.00704. The molecule has 0 bridgehead atoms. The molecule has 2 aliphatic rings. The Morgan fingerprint density at radius 3 is 2.73 bits per heavy atom. The Bertz CT molecular complexity index is 548. The van der Waals surface area contributed by atoms with Crippen molar-refractivity contribution in [1.82, 2.24) is 15.1 Å². The second-order valence-electron chi connectivity index (χ2n) is 7.11. The maximum Gasteiger partial charge on any atom is 0.274 e. The van der Waals surface area contributed by atoms with Gasteiger partial charge in [-0.1, -0.05) is 6.42 Å². The van der Waals surface area contributed by atoms with Gasteiger partial charge in [0.05, 0.1) is 17.9 Å². The van der Waals surface area contributed by atoms with E-state index in [2.05, 4.69) is 31.0 Å². The summed E-state index contributed by atoms with van der Waals surface area (Å²) in [6, 6.07) is 0.204. The van der Waals surface area contributed by atoms with E-state index >= 15 is 0 Å². The molecule has 2 heterocycles.